The fourth-order valence-electron chi connectivity index (χ4n) is 1.56. The molecule has 0 aromatic heterocycles. The first-order chi connectivity index (χ1) is 7.79. The van der Waals surface area contributed by atoms with E-state index < -0.39 is 0 Å². The summed E-state index contributed by atoms with van der Waals surface area (Å²) in [7, 11) is 0. The van der Waals surface area contributed by atoms with Crippen LogP contribution in [0.5, 0.6) is 11.5 Å². The van der Waals surface area contributed by atoms with Gasteiger partial charge >= 0.3 is 0 Å². The summed E-state index contributed by atoms with van der Waals surface area (Å²) in [5.41, 5.74) is 1.10. The second kappa shape index (κ2) is 5.18. The summed E-state index contributed by atoms with van der Waals surface area (Å²) in [4.78, 5) is 0. The molecule has 1 aliphatic rings. The van der Waals surface area contributed by atoms with Gasteiger partial charge in [-0.15, -0.1) is 0 Å². The van der Waals surface area contributed by atoms with Crippen molar-refractivity contribution in [2.75, 3.05) is 19.8 Å². The number of rotatable bonds is 5. The summed E-state index contributed by atoms with van der Waals surface area (Å²) < 4.78 is 10.4. The van der Waals surface area contributed by atoms with Crippen molar-refractivity contribution in [3.63, 3.8) is 0 Å². The molecule has 1 heterocycles. The van der Waals surface area contributed by atoms with Crippen LogP contribution in [0.4, 0.5) is 0 Å². The highest BCUT2D eigenvalue weighted by atomic mass is 16.5. The maximum atomic E-state index is 9.54. The molecular weight excluding hydrogens is 206 g/mol. The van der Waals surface area contributed by atoms with E-state index in [1.807, 2.05) is 19.1 Å². The van der Waals surface area contributed by atoms with Crippen molar-refractivity contribution in [3.8, 4) is 11.5 Å². The Labute approximate surface area is 95.2 Å². The minimum atomic E-state index is 0.192. The Kier molecular flexibility index (Phi) is 3.64. The van der Waals surface area contributed by atoms with Gasteiger partial charge in [-0.25, -0.2) is 0 Å². The quantitative estimate of drug-likeness (QED) is 0.789. The fourth-order valence-corrected chi connectivity index (χ4v) is 1.56. The van der Waals surface area contributed by atoms with Gasteiger partial charge in [0.15, 0.2) is 11.5 Å². The Morgan fingerprint density at radius 1 is 1.50 bits per heavy atom. The molecule has 0 bridgehead atoms. The zero-order valence-corrected chi connectivity index (χ0v) is 9.40. The molecule has 1 saturated heterocycles. The molecular formula is C12H17NO3. The predicted molar refractivity (Wildman–Crippen MR) is 60.7 cm³/mol. The van der Waals surface area contributed by atoms with Crippen LogP contribution in [0, 0.1) is 0 Å². The molecule has 0 saturated carbocycles. The highest BCUT2D eigenvalue weighted by Gasteiger charge is 2.17. The predicted octanol–water partition coefficient (Wildman–Crippen LogP) is 1.28. The van der Waals surface area contributed by atoms with Gasteiger partial charge < -0.3 is 19.9 Å². The van der Waals surface area contributed by atoms with Gasteiger partial charge in [-0.2, -0.15) is 0 Å². The Morgan fingerprint density at radius 2 is 2.31 bits per heavy atom. The number of aromatic hydroxyl groups is 1. The minimum absolute atomic E-state index is 0.192. The molecule has 4 nitrogen and oxygen atoms in total. The largest absolute Gasteiger partial charge is 0.504 e. The van der Waals surface area contributed by atoms with Crippen LogP contribution in [0.3, 0.4) is 0 Å². The van der Waals surface area contributed by atoms with E-state index in [0.29, 0.717) is 18.4 Å². The molecule has 1 fully saturated rings. The lowest BCUT2D eigenvalue weighted by molar-refractivity contribution is -0.00579. The topological polar surface area (TPSA) is 50.7 Å². The number of phenols is 1. The molecule has 1 aliphatic heterocycles. The van der Waals surface area contributed by atoms with Gasteiger partial charge in [-0.1, -0.05) is 6.07 Å². The lowest BCUT2D eigenvalue weighted by Gasteiger charge is -2.27. The number of phenolic OH excluding ortho intramolecular Hbond substituents is 1. The summed E-state index contributed by atoms with van der Waals surface area (Å²) in [6.07, 6.45) is 0. The first-order valence-electron chi connectivity index (χ1n) is 5.55. The molecule has 0 aliphatic carbocycles. The smallest absolute Gasteiger partial charge is 0.161 e. The number of nitrogens with one attached hydrogen (secondary N) is 1. The minimum Gasteiger partial charge on any atom is -0.504 e. The molecule has 0 amide bonds. The third-order valence-electron chi connectivity index (χ3n) is 2.56. The van der Waals surface area contributed by atoms with E-state index in [1.165, 1.54) is 0 Å². The molecule has 16 heavy (non-hydrogen) atoms. The van der Waals surface area contributed by atoms with Crippen molar-refractivity contribution in [1.29, 1.82) is 0 Å². The van der Waals surface area contributed by atoms with Crippen LogP contribution in [0.2, 0.25) is 0 Å². The maximum Gasteiger partial charge on any atom is 0.161 e. The average molecular weight is 223 g/mol. The summed E-state index contributed by atoms with van der Waals surface area (Å²) in [5, 5.41) is 12.9. The van der Waals surface area contributed by atoms with E-state index in [9.17, 15) is 5.11 Å². The van der Waals surface area contributed by atoms with Crippen LogP contribution < -0.4 is 10.1 Å². The Bertz CT molecular complexity index is 350. The van der Waals surface area contributed by atoms with Crippen LogP contribution in [0.25, 0.3) is 0 Å². The van der Waals surface area contributed by atoms with Gasteiger partial charge in [0.05, 0.1) is 25.9 Å². The normalized spacial score (nSPS) is 15.8. The van der Waals surface area contributed by atoms with E-state index in [1.54, 1.807) is 6.07 Å². The van der Waals surface area contributed by atoms with Crippen LogP contribution in [0.15, 0.2) is 18.2 Å². The van der Waals surface area contributed by atoms with Crippen molar-refractivity contribution in [3.05, 3.63) is 23.8 Å². The third kappa shape index (κ3) is 2.65. The lowest BCUT2D eigenvalue weighted by atomic mass is 10.1. The average Bonchev–Trinajstić information content (AvgIpc) is 2.21. The summed E-state index contributed by atoms with van der Waals surface area (Å²) in [5.74, 6) is 0.740. The number of hydrogen-bond donors (Lipinski definition) is 2. The van der Waals surface area contributed by atoms with E-state index >= 15 is 0 Å². The van der Waals surface area contributed by atoms with Crippen molar-refractivity contribution >= 4 is 0 Å². The van der Waals surface area contributed by atoms with E-state index in [-0.39, 0.29) is 5.75 Å². The summed E-state index contributed by atoms with van der Waals surface area (Å²) in [6, 6.07) is 5.89. The molecule has 0 spiro atoms. The highest BCUT2D eigenvalue weighted by molar-refractivity contribution is 5.41. The number of ether oxygens (including phenoxy) is 2. The van der Waals surface area contributed by atoms with E-state index in [0.717, 1.165) is 25.3 Å². The molecule has 0 unspecified atom stereocenters. The first-order valence-corrected chi connectivity index (χ1v) is 5.55. The van der Waals surface area contributed by atoms with Crippen LogP contribution in [-0.4, -0.2) is 31.0 Å². The number of benzene rings is 1. The monoisotopic (exact) mass is 223 g/mol. The zero-order chi connectivity index (χ0) is 11.4. The number of hydrogen-bond acceptors (Lipinski definition) is 4. The lowest BCUT2D eigenvalue weighted by Crippen LogP contribution is -2.45. The standard InChI is InChI=1S/C12H17NO3/c1-2-16-12-5-9(3-4-11(12)14)6-13-10-7-15-8-10/h3-5,10,13-14H,2,6-8H2,1H3. The third-order valence-corrected chi connectivity index (χ3v) is 2.56. The van der Waals surface area contributed by atoms with Gasteiger partial charge in [0.25, 0.3) is 0 Å². The Morgan fingerprint density at radius 3 is 2.94 bits per heavy atom. The molecule has 4 heteroatoms. The zero-order valence-electron chi connectivity index (χ0n) is 9.40. The van der Waals surface area contributed by atoms with Gasteiger partial charge in [0, 0.05) is 6.54 Å². The molecule has 1 aromatic carbocycles. The SMILES string of the molecule is CCOc1cc(CNC2COC2)ccc1O. The van der Waals surface area contributed by atoms with Gasteiger partial charge in [0.1, 0.15) is 0 Å². The molecule has 2 N–H and O–H groups in total. The Hall–Kier alpha value is -1.26. The summed E-state index contributed by atoms with van der Waals surface area (Å²) in [6.45, 7) is 4.80. The van der Waals surface area contributed by atoms with Gasteiger partial charge in [-0.05, 0) is 24.6 Å². The molecule has 88 valence electrons. The summed E-state index contributed by atoms with van der Waals surface area (Å²) >= 11 is 0. The van der Waals surface area contributed by atoms with Crippen LogP contribution in [0.1, 0.15) is 12.5 Å². The first kappa shape index (κ1) is 11.2. The second-order valence-electron chi connectivity index (χ2n) is 3.85. The fraction of sp³-hybridized carbons (Fsp3) is 0.500. The molecule has 0 atom stereocenters. The van der Waals surface area contributed by atoms with Crippen LogP contribution >= 0.6 is 0 Å². The molecule has 2 rings (SSSR count). The van der Waals surface area contributed by atoms with E-state index in [4.69, 9.17) is 9.47 Å². The Balaban J connectivity index is 1.94. The van der Waals surface area contributed by atoms with Crippen LogP contribution in [-0.2, 0) is 11.3 Å². The van der Waals surface area contributed by atoms with Gasteiger partial charge in [-0.3, -0.25) is 0 Å². The van der Waals surface area contributed by atoms with Crippen molar-refractivity contribution < 1.29 is 14.6 Å². The van der Waals surface area contributed by atoms with E-state index in [2.05, 4.69) is 5.32 Å². The molecule has 0 radical (unpaired) electrons. The highest BCUT2D eigenvalue weighted by Crippen LogP contribution is 2.26. The maximum absolute atomic E-state index is 9.54. The van der Waals surface area contributed by atoms with Crippen molar-refractivity contribution in [1.82, 2.24) is 5.32 Å². The second-order valence-corrected chi connectivity index (χ2v) is 3.85. The van der Waals surface area contributed by atoms with Gasteiger partial charge in [0.2, 0.25) is 0 Å². The molecule has 1 aromatic rings. The van der Waals surface area contributed by atoms with Crippen molar-refractivity contribution in [2.45, 2.75) is 19.5 Å². The van der Waals surface area contributed by atoms with Crippen molar-refractivity contribution in [2.24, 2.45) is 0 Å².